The Kier molecular flexibility index (Phi) is 2.66. The molecular weight excluding hydrogens is 286 g/mol. The van der Waals surface area contributed by atoms with Gasteiger partial charge in [-0.15, -0.1) is 0 Å². The number of aliphatic hydroxyl groups is 2. The molecule has 22 heavy (non-hydrogen) atoms. The molecule has 0 aromatic carbocycles. The number of carbonyl (C=O) groups is 2. The van der Waals surface area contributed by atoms with E-state index in [1.807, 2.05) is 12.2 Å². The van der Waals surface area contributed by atoms with Crippen LogP contribution in [0.15, 0.2) is 12.2 Å². The molecule has 1 saturated carbocycles. The second-order valence-electron chi connectivity index (χ2n) is 7.21. The Hall–Kier alpha value is -1.40. The molecular formula is C16H21NO5. The summed E-state index contributed by atoms with van der Waals surface area (Å²) >= 11 is 0. The van der Waals surface area contributed by atoms with E-state index in [1.165, 1.54) is 0 Å². The van der Waals surface area contributed by atoms with Crippen molar-refractivity contribution in [2.24, 2.45) is 17.3 Å². The predicted molar refractivity (Wildman–Crippen MR) is 75.5 cm³/mol. The maximum atomic E-state index is 12.5. The van der Waals surface area contributed by atoms with Gasteiger partial charge >= 0.3 is 5.97 Å². The fraction of sp³-hybridized carbons (Fsp3) is 0.750. The quantitative estimate of drug-likeness (QED) is 0.499. The molecule has 2 saturated heterocycles. The molecule has 3 fully saturated rings. The van der Waals surface area contributed by atoms with E-state index in [4.69, 9.17) is 4.74 Å². The van der Waals surface area contributed by atoms with E-state index in [1.54, 1.807) is 6.92 Å². The van der Waals surface area contributed by atoms with E-state index in [0.29, 0.717) is 6.42 Å². The van der Waals surface area contributed by atoms with Gasteiger partial charge in [0.25, 0.3) is 0 Å². The third kappa shape index (κ3) is 1.26. The number of rotatable bonds is 3. The van der Waals surface area contributed by atoms with E-state index in [0.717, 1.165) is 19.3 Å². The molecule has 0 aromatic heterocycles. The Balaban J connectivity index is 1.74. The molecule has 0 radical (unpaired) electrons. The van der Waals surface area contributed by atoms with Gasteiger partial charge in [0.2, 0.25) is 11.4 Å². The van der Waals surface area contributed by atoms with Gasteiger partial charge in [0, 0.05) is 18.4 Å². The number of nitrogens with one attached hydrogen (secondary N) is 1. The van der Waals surface area contributed by atoms with E-state index in [-0.39, 0.29) is 24.3 Å². The number of hydrogen-bond acceptors (Lipinski definition) is 5. The average Bonchev–Trinajstić information content (AvgIpc) is 3.25. The average molecular weight is 307 g/mol. The summed E-state index contributed by atoms with van der Waals surface area (Å²) in [6.07, 6.45) is 6.15. The fourth-order valence-electron chi connectivity index (χ4n) is 4.93. The number of fused-ring (bicyclic) bond motifs is 2. The van der Waals surface area contributed by atoms with Crippen LogP contribution in [-0.2, 0) is 14.3 Å². The first kappa shape index (κ1) is 14.2. The fourth-order valence-corrected chi connectivity index (χ4v) is 4.93. The van der Waals surface area contributed by atoms with Crippen LogP contribution in [0.3, 0.4) is 0 Å². The summed E-state index contributed by atoms with van der Waals surface area (Å²) in [6, 6.07) is 0. The highest BCUT2D eigenvalue weighted by molar-refractivity contribution is 6.05. The second-order valence-corrected chi connectivity index (χ2v) is 7.21. The summed E-state index contributed by atoms with van der Waals surface area (Å²) in [6.45, 7) is 1.60. The predicted octanol–water partition coefficient (Wildman–Crippen LogP) is -0.114. The van der Waals surface area contributed by atoms with E-state index in [2.05, 4.69) is 5.32 Å². The van der Waals surface area contributed by atoms with Crippen LogP contribution in [0.25, 0.3) is 0 Å². The van der Waals surface area contributed by atoms with Crippen molar-refractivity contribution in [2.45, 2.75) is 49.9 Å². The molecule has 0 bridgehead atoms. The molecule has 120 valence electrons. The summed E-state index contributed by atoms with van der Waals surface area (Å²) in [5.41, 5.74) is -3.33. The van der Waals surface area contributed by atoms with Gasteiger partial charge in [0.15, 0.2) is 5.60 Å². The van der Waals surface area contributed by atoms with Crippen molar-refractivity contribution in [3.8, 4) is 0 Å². The number of ether oxygens (including phenoxy) is 1. The van der Waals surface area contributed by atoms with Crippen LogP contribution in [0, 0.1) is 17.3 Å². The topological polar surface area (TPSA) is 95.9 Å². The van der Waals surface area contributed by atoms with Crippen molar-refractivity contribution in [3.05, 3.63) is 12.2 Å². The van der Waals surface area contributed by atoms with Crippen molar-refractivity contribution in [1.82, 2.24) is 5.32 Å². The van der Waals surface area contributed by atoms with Crippen molar-refractivity contribution in [2.75, 3.05) is 6.61 Å². The van der Waals surface area contributed by atoms with Gasteiger partial charge in [-0.3, -0.25) is 4.79 Å². The molecule has 4 aliphatic rings. The van der Waals surface area contributed by atoms with Crippen LogP contribution in [-0.4, -0.2) is 45.9 Å². The molecule has 1 spiro atoms. The van der Waals surface area contributed by atoms with E-state index >= 15 is 0 Å². The first-order chi connectivity index (χ1) is 10.4. The lowest BCUT2D eigenvalue weighted by Gasteiger charge is -2.55. The Morgan fingerprint density at radius 1 is 1.50 bits per heavy atom. The van der Waals surface area contributed by atoms with Gasteiger partial charge in [-0.2, -0.15) is 0 Å². The van der Waals surface area contributed by atoms with Gasteiger partial charge in [-0.25, -0.2) is 4.79 Å². The Morgan fingerprint density at radius 3 is 2.82 bits per heavy atom. The van der Waals surface area contributed by atoms with Crippen LogP contribution in [0.1, 0.15) is 32.6 Å². The second kappa shape index (κ2) is 4.11. The highest BCUT2D eigenvalue weighted by Gasteiger charge is 2.90. The van der Waals surface area contributed by atoms with Crippen LogP contribution < -0.4 is 5.32 Å². The first-order valence-electron chi connectivity index (χ1n) is 7.95. The summed E-state index contributed by atoms with van der Waals surface area (Å²) in [5.74, 6) is -1.21. The largest absolute Gasteiger partial charge is 0.453 e. The zero-order valence-corrected chi connectivity index (χ0v) is 12.5. The molecule has 2 unspecified atom stereocenters. The minimum Gasteiger partial charge on any atom is -0.453 e. The number of aliphatic hydroxyl groups excluding tert-OH is 2. The lowest BCUT2D eigenvalue weighted by atomic mass is 9.63. The number of allylic oxidation sites excluding steroid dienone is 1. The molecule has 1 amide bonds. The molecule has 6 heteroatoms. The zero-order chi connectivity index (χ0) is 15.8. The maximum Gasteiger partial charge on any atom is 0.339 e. The lowest BCUT2D eigenvalue weighted by molar-refractivity contribution is -0.242. The zero-order valence-electron chi connectivity index (χ0n) is 12.5. The number of carbonyl (C=O) groups excluding carboxylic acids is 2. The summed E-state index contributed by atoms with van der Waals surface area (Å²) < 4.78 is 5.43. The summed E-state index contributed by atoms with van der Waals surface area (Å²) in [7, 11) is 0. The van der Waals surface area contributed by atoms with Gasteiger partial charge < -0.3 is 20.3 Å². The third-order valence-corrected chi connectivity index (χ3v) is 6.40. The Morgan fingerprint density at radius 2 is 2.27 bits per heavy atom. The molecule has 2 aliphatic heterocycles. The molecule has 2 aliphatic carbocycles. The highest BCUT2D eigenvalue weighted by Crippen LogP contribution is 2.71. The standard InChI is InChI=1S/C16H21NO5/c1-14-15(7-10(15)8-18)12(20)17-16(14,13(21)22-14)11(19)9-5-3-2-4-6-9/h3,5,9-11,18-19H,2,4,6-8H2,1H3,(H,17,20)/t9-,10?,11-,14+,15?,16+/m1/s1. The van der Waals surface area contributed by atoms with E-state index < -0.39 is 28.6 Å². The van der Waals surface area contributed by atoms with Crippen LogP contribution in [0.4, 0.5) is 0 Å². The SMILES string of the molecule is C[C@@]12OC(=O)[C@]1([C@H](O)[C@@H]1C=CCCC1)NC(=O)C21CC1CO. The Bertz CT molecular complexity index is 589. The lowest BCUT2D eigenvalue weighted by Crippen LogP contribution is -2.80. The summed E-state index contributed by atoms with van der Waals surface area (Å²) in [5, 5.41) is 23.1. The van der Waals surface area contributed by atoms with Crippen molar-refractivity contribution < 1.29 is 24.5 Å². The third-order valence-electron chi connectivity index (χ3n) is 6.40. The summed E-state index contributed by atoms with van der Waals surface area (Å²) in [4.78, 5) is 24.8. The van der Waals surface area contributed by atoms with Crippen LogP contribution in [0.2, 0.25) is 0 Å². The molecule has 2 heterocycles. The van der Waals surface area contributed by atoms with E-state index in [9.17, 15) is 19.8 Å². The number of esters is 1. The number of amides is 1. The number of hydrogen-bond donors (Lipinski definition) is 3. The highest BCUT2D eigenvalue weighted by atomic mass is 16.6. The van der Waals surface area contributed by atoms with Crippen molar-refractivity contribution in [1.29, 1.82) is 0 Å². The molecule has 4 rings (SSSR count). The Labute approximate surface area is 128 Å². The minimum atomic E-state index is -1.37. The molecule has 6 atom stereocenters. The van der Waals surface area contributed by atoms with Crippen LogP contribution >= 0.6 is 0 Å². The minimum absolute atomic E-state index is 0.115. The molecule has 3 N–H and O–H groups in total. The first-order valence-corrected chi connectivity index (χ1v) is 7.95. The maximum absolute atomic E-state index is 12.5. The van der Waals surface area contributed by atoms with Crippen LogP contribution in [0.5, 0.6) is 0 Å². The monoisotopic (exact) mass is 307 g/mol. The van der Waals surface area contributed by atoms with Crippen molar-refractivity contribution >= 4 is 11.9 Å². The van der Waals surface area contributed by atoms with Gasteiger partial charge in [0.1, 0.15) is 0 Å². The molecule has 6 nitrogen and oxygen atoms in total. The molecule has 0 aromatic rings. The smallest absolute Gasteiger partial charge is 0.339 e. The van der Waals surface area contributed by atoms with Gasteiger partial charge in [0.05, 0.1) is 11.5 Å². The van der Waals surface area contributed by atoms with Gasteiger partial charge in [-0.05, 0) is 32.6 Å². The van der Waals surface area contributed by atoms with Gasteiger partial charge in [-0.1, -0.05) is 12.2 Å². The van der Waals surface area contributed by atoms with Crippen molar-refractivity contribution in [3.63, 3.8) is 0 Å². The normalized spacial score (nSPS) is 50.1.